The van der Waals surface area contributed by atoms with Crippen LogP contribution < -0.4 is 14.8 Å². The molecule has 6 nitrogen and oxygen atoms in total. The van der Waals surface area contributed by atoms with Gasteiger partial charge >= 0.3 is 5.97 Å². The molecular weight excluding hydrogens is 262 g/mol. The van der Waals surface area contributed by atoms with E-state index in [1.807, 2.05) is 6.92 Å². The van der Waals surface area contributed by atoms with E-state index in [0.29, 0.717) is 23.6 Å². The number of ether oxygens (including phenoxy) is 2. The average molecular weight is 283 g/mol. The second-order valence-corrected chi connectivity index (χ2v) is 4.30. The van der Waals surface area contributed by atoms with E-state index >= 15 is 0 Å². The molecule has 0 bridgehead atoms. The Morgan fingerprint density at radius 3 is 2.70 bits per heavy atom. The molecule has 0 fully saturated rings. The van der Waals surface area contributed by atoms with Crippen LogP contribution in [0.4, 0.5) is 0 Å². The molecule has 1 rings (SSSR count). The van der Waals surface area contributed by atoms with Gasteiger partial charge in [0.2, 0.25) is 0 Å². The number of methoxy groups -OCH3 is 1. The maximum atomic E-state index is 11.1. The molecule has 0 saturated heterocycles. The Morgan fingerprint density at radius 2 is 2.15 bits per heavy atom. The molecule has 1 unspecified atom stereocenters. The van der Waals surface area contributed by atoms with Gasteiger partial charge in [0.05, 0.1) is 13.7 Å². The van der Waals surface area contributed by atoms with Crippen LogP contribution in [-0.4, -0.2) is 42.5 Å². The van der Waals surface area contributed by atoms with E-state index in [1.165, 1.54) is 7.11 Å². The van der Waals surface area contributed by atoms with Gasteiger partial charge in [0.15, 0.2) is 11.5 Å². The molecule has 0 aromatic heterocycles. The summed E-state index contributed by atoms with van der Waals surface area (Å²) in [5, 5.41) is 21.0. The van der Waals surface area contributed by atoms with Crippen molar-refractivity contribution in [3.8, 4) is 11.5 Å². The number of carboxylic acids is 1. The molecule has 20 heavy (non-hydrogen) atoms. The summed E-state index contributed by atoms with van der Waals surface area (Å²) >= 11 is 0. The molecule has 0 saturated carbocycles. The number of hydrogen-bond donors (Lipinski definition) is 3. The number of hydrogen-bond acceptors (Lipinski definition) is 5. The fraction of sp³-hybridized carbons (Fsp3) is 0.500. The first kappa shape index (κ1) is 16.3. The zero-order chi connectivity index (χ0) is 15.0. The van der Waals surface area contributed by atoms with Crippen LogP contribution in [0.2, 0.25) is 0 Å². The monoisotopic (exact) mass is 283 g/mol. The maximum absolute atomic E-state index is 11.1. The van der Waals surface area contributed by atoms with Crippen LogP contribution in [0, 0.1) is 0 Å². The third kappa shape index (κ3) is 4.71. The largest absolute Gasteiger partial charge is 0.493 e. The standard InChI is InChI=1S/C14H21NO5/c1-3-6-15-11(14(17)18)9-20-12-5-4-10(8-16)7-13(12)19-2/h4-5,7,11,15-16H,3,6,8-9H2,1-2H3,(H,17,18). The van der Waals surface area contributed by atoms with Crippen LogP contribution in [0.25, 0.3) is 0 Å². The molecule has 1 aromatic rings. The van der Waals surface area contributed by atoms with Crippen molar-refractivity contribution in [2.45, 2.75) is 26.0 Å². The number of aliphatic carboxylic acids is 1. The highest BCUT2D eigenvalue weighted by Gasteiger charge is 2.18. The average Bonchev–Trinajstić information content (AvgIpc) is 2.46. The van der Waals surface area contributed by atoms with Crippen LogP contribution in [0.5, 0.6) is 11.5 Å². The van der Waals surface area contributed by atoms with Gasteiger partial charge in [-0.25, -0.2) is 0 Å². The molecule has 0 aliphatic heterocycles. The van der Waals surface area contributed by atoms with E-state index in [-0.39, 0.29) is 13.2 Å². The molecule has 0 amide bonds. The summed E-state index contributed by atoms with van der Waals surface area (Å²) in [6.07, 6.45) is 0.846. The smallest absolute Gasteiger partial charge is 0.324 e. The van der Waals surface area contributed by atoms with Crippen LogP contribution in [0.15, 0.2) is 18.2 Å². The Kier molecular flexibility index (Phi) is 6.83. The molecule has 6 heteroatoms. The van der Waals surface area contributed by atoms with Crippen molar-refractivity contribution in [3.63, 3.8) is 0 Å². The Hall–Kier alpha value is -1.79. The summed E-state index contributed by atoms with van der Waals surface area (Å²) in [4.78, 5) is 11.1. The maximum Gasteiger partial charge on any atom is 0.324 e. The summed E-state index contributed by atoms with van der Waals surface area (Å²) in [6, 6.07) is 4.25. The van der Waals surface area contributed by atoms with Gasteiger partial charge in [0.1, 0.15) is 12.6 Å². The van der Waals surface area contributed by atoms with Gasteiger partial charge in [0.25, 0.3) is 0 Å². The van der Waals surface area contributed by atoms with Crippen molar-refractivity contribution in [1.82, 2.24) is 5.32 Å². The molecule has 112 valence electrons. The minimum atomic E-state index is -0.954. The molecule has 0 radical (unpaired) electrons. The van der Waals surface area contributed by atoms with E-state index in [9.17, 15) is 4.79 Å². The second-order valence-electron chi connectivity index (χ2n) is 4.30. The first-order chi connectivity index (χ1) is 9.62. The van der Waals surface area contributed by atoms with Crippen LogP contribution >= 0.6 is 0 Å². The molecule has 0 spiro atoms. The van der Waals surface area contributed by atoms with Gasteiger partial charge < -0.3 is 25.0 Å². The summed E-state index contributed by atoms with van der Waals surface area (Å²) in [6.45, 7) is 2.49. The molecule has 0 aliphatic carbocycles. The summed E-state index contributed by atoms with van der Waals surface area (Å²) in [5.41, 5.74) is 0.702. The fourth-order valence-electron chi connectivity index (χ4n) is 1.64. The van der Waals surface area contributed by atoms with Crippen LogP contribution in [0.3, 0.4) is 0 Å². The third-order valence-corrected chi connectivity index (χ3v) is 2.75. The molecule has 3 N–H and O–H groups in total. The lowest BCUT2D eigenvalue weighted by molar-refractivity contribution is -0.140. The van der Waals surface area contributed by atoms with Crippen LogP contribution in [0.1, 0.15) is 18.9 Å². The van der Waals surface area contributed by atoms with E-state index in [4.69, 9.17) is 19.7 Å². The minimum Gasteiger partial charge on any atom is -0.493 e. The quantitative estimate of drug-likeness (QED) is 0.627. The minimum absolute atomic E-state index is 0.00413. The highest BCUT2D eigenvalue weighted by Crippen LogP contribution is 2.28. The SMILES string of the molecule is CCCNC(COc1ccc(CO)cc1OC)C(=O)O. The number of aliphatic hydroxyl groups excluding tert-OH is 1. The number of aliphatic hydroxyl groups is 1. The molecule has 1 atom stereocenters. The highest BCUT2D eigenvalue weighted by atomic mass is 16.5. The van der Waals surface area contributed by atoms with E-state index < -0.39 is 12.0 Å². The van der Waals surface area contributed by atoms with Gasteiger partial charge in [0, 0.05) is 0 Å². The molecule has 0 aliphatic rings. The lowest BCUT2D eigenvalue weighted by Crippen LogP contribution is -2.41. The normalized spacial score (nSPS) is 11.9. The topological polar surface area (TPSA) is 88.0 Å². The summed E-state index contributed by atoms with van der Waals surface area (Å²) < 4.78 is 10.7. The third-order valence-electron chi connectivity index (χ3n) is 2.75. The Morgan fingerprint density at radius 1 is 1.40 bits per heavy atom. The lowest BCUT2D eigenvalue weighted by atomic mass is 10.2. The molecule has 0 heterocycles. The number of carboxylic acid groups (broad SMARTS) is 1. The number of rotatable bonds is 9. The van der Waals surface area contributed by atoms with Crippen molar-refractivity contribution in [1.29, 1.82) is 0 Å². The number of benzene rings is 1. The molecule has 1 aromatic carbocycles. The van der Waals surface area contributed by atoms with Crippen LogP contribution in [-0.2, 0) is 11.4 Å². The Balaban J connectivity index is 2.69. The zero-order valence-electron chi connectivity index (χ0n) is 11.8. The zero-order valence-corrected chi connectivity index (χ0v) is 11.8. The molecular formula is C14H21NO5. The Labute approximate surface area is 118 Å². The highest BCUT2D eigenvalue weighted by molar-refractivity contribution is 5.73. The van der Waals surface area contributed by atoms with E-state index in [2.05, 4.69) is 5.32 Å². The number of carbonyl (C=O) groups is 1. The second kappa shape index (κ2) is 8.39. The van der Waals surface area contributed by atoms with Crippen molar-refractivity contribution in [2.24, 2.45) is 0 Å². The lowest BCUT2D eigenvalue weighted by Gasteiger charge is -2.16. The Bertz CT molecular complexity index is 436. The van der Waals surface area contributed by atoms with Crippen molar-refractivity contribution in [2.75, 3.05) is 20.3 Å². The van der Waals surface area contributed by atoms with Crippen molar-refractivity contribution in [3.05, 3.63) is 23.8 Å². The first-order valence-corrected chi connectivity index (χ1v) is 6.49. The van der Waals surface area contributed by atoms with Gasteiger partial charge in [-0.3, -0.25) is 4.79 Å². The van der Waals surface area contributed by atoms with Gasteiger partial charge in [-0.05, 0) is 30.7 Å². The predicted octanol–water partition coefficient (Wildman–Crippen LogP) is 1.02. The van der Waals surface area contributed by atoms with Crippen molar-refractivity contribution >= 4 is 5.97 Å². The summed E-state index contributed by atoms with van der Waals surface area (Å²) in [5.74, 6) is -0.0326. The van der Waals surface area contributed by atoms with Crippen molar-refractivity contribution < 1.29 is 24.5 Å². The van der Waals surface area contributed by atoms with Gasteiger partial charge in [-0.15, -0.1) is 0 Å². The van der Waals surface area contributed by atoms with E-state index in [1.54, 1.807) is 18.2 Å². The van der Waals surface area contributed by atoms with Gasteiger partial charge in [-0.1, -0.05) is 13.0 Å². The number of nitrogens with one attached hydrogen (secondary N) is 1. The predicted molar refractivity (Wildman–Crippen MR) is 74.1 cm³/mol. The summed E-state index contributed by atoms with van der Waals surface area (Å²) in [7, 11) is 1.49. The van der Waals surface area contributed by atoms with Gasteiger partial charge in [-0.2, -0.15) is 0 Å². The van der Waals surface area contributed by atoms with E-state index in [0.717, 1.165) is 6.42 Å². The first-order valence-electron chi connectivity index (χ1n) is 6.49. The fourth-order valence-corrected chi connectivity index (χ4v) is 1.64.